The molecule has 1 saturated heterocycles. The number of carboxylic acids is 1. The van der Waals surface area contributed by atoms with Crippen molar-refractivity contribution in [1.29, 1.82) is 0 Å². The highest BCUT2D eigenvalue weighted by atomic mass is 16.4. The molecule has 2 aliphatic rings. The number of hydrogen-bond donors (Lipinski definition) is 1. The van der Waals surface area contributed by atoms with Gasteiger partial charge in [-0.3, -0.25) is 0 Å². The molecule has 0 spiro atoms. The van der Waals surface area contributed by atoms with Gasteiger partial charge in [0.25, 0.3) is 0 Å². The Balaban J connectivity index is 1.41. The number of fused-ring (bicyclic) bond motifs is 1. The smallest absolute Gasteiger partial charge is 0.356 e. The van der Waals surface area contributed by atoms with E-state index in [2.05, 4.69) is 44.0 Å². The largest absolute Gasteiger partial charge is 0.476 e. The molecule has 124 valence electrons. The molecule has 0 bridgehead atoms. The second kappa shape index (κ2) is 6.11. The molecule has 1 aromatic heterocycles. The molecular formula is C18H20N4O2. The van der Waals surface area contributed by atoms with Crippen LogP contribution < -0.4 is 9.80 Å². The van der Waals surface area contributed by atoms with E-state index in [1.54, 1.807) is 6.20 Å². The van der Waals surface area contributed by atoms with E-state index >= 15 is 0 Å². The molecule has 24 heavy (non-hydrogen) atoms. The summed E-state index contributed by atoms with van der Waals surface area (Å²) in [5.41, 5.74) is 2.83. The summed E-state index contributed by atoms with van der Waals surface area (Å²) in [5, 5.41) is 8.90. The summed E-state index contributed by atoms with van der Waals surface area (Å²) >= 11 is 0. The second-order valence-electron chi connectivity index (χ2n) is 6.36. The minimum atomic E-state index is -1.04. The maximum Gasteiger partial charge on any atom is 0.356 e. The molecule has 0 unspecified atom stereocenters. The van der Waals surface area contributed by atoms with E-state index in [0.29, 0.717) is 6.04 Å². The van der Waals surface area contributed by atoms with E-state index in [1.165, 1.54) is 17.4 Å². The Morgan fingerprint density at radius 3 is 2.58 bits per heavy atom. The van der Waals surface area contributed by atoms with Crippen LogP contribution in [0.15, 0.2) is 36.7 Å². The van der Waals surface area contributed by atoms with Crippen LogP contribution in [0.2, 0.25) is 0 Å². The van der Waals surface area contributed by atoms with E-state index < -0.39 is 5.97 Å². The molecule has 1 N–H and O–H groups in total. The van der Waals surface area contributed by atoms with Crippen LogP contribution in [0.25, 0.3) is 0 Å². The third-order valence-corrected chi connectivity index (χ3v) is 5.01. The summed E-state index contributed by atoms with van der Waals surface area (Å²) < 4.78 is 0. The Morgan fingerprint density at radius 2 is 1.88 bits per heavy atom. The molecule has 0 radical (unpaired) electrons. The SMILES string of the molecule is O=C(O)c1cnc(N2CCC(N3CCc4ccccc43)CC2)cn1. The Hall–Kier alpha value is -2.63. The minimum Gasteiger partial charge on any atom is -0.476 e. The lowest BCUT2D eigenvalue weighted by Gasteiger charge is -2.38. The predicted molar refractivity (Wildman–Crippen MR) is 91.7 cm³/mol. The number of rotatable bonds is 3. The van der Waals surface area contributed by atoms with Crippen LogP contribution in [0, 0.1) is 0 Å². The zero-order valence-corrected chi connectivity index (χ0v) is 13.4. The van der Waals surface area contributed by atoms with Gasteiger partial charge in [0.15, 0.2) is 5.69 Å². The number of anilines is 2. The third kappa shape index (κ3) is 2.68. The highest BCUT2D eigenvalue weighted by molar-refractivity contribution is 5.84. The number of para-hydroxylation sites is 1. The van der Waals surface area contributed by atoms with Crippen molar-refractivity contribution < 1.29 is 9.90 Å². The number of piperidine rings is 1. The number of benzene rings is 1. The number of carboxylic acid groups (broad SMARTS) is 1. The van der Waals surface area contributed by atoms with Gasteiger partial charge in [-0.15, -0.1) is 0 Å². The van der Waals surface area contributed by atoms with Gasteiger partial charge in [-0.25, -0.2) is 14.8 Å². The van der Waals surface area contributed by atoms with Crippen LogP contribution in [0.4, 0.5) is 11.5 Å². The lowest BCUT2D eigenvalue weighted by Crippen LogP contribution is -2.44. The lowest BCUT2D eigenvalue weighted by molar-refractivity contribution is 0.0690. The van der Waals surface area contributed by atoms with Crippen molar-refractivity contribution in [3.8, 4) is 0 Å². The van der Waals surface area contributed by atoms with Crippen molar-refractivity contribution in [1.82, 2.24) is 9.97 Å². The Kier molecular flexibility index (Phi) is 3.80. The maximum absolute atomic E-state index is 10.9. The number of aromatic nitrogens is 2. The quantitative estimate of drug-likeness (QED) is 0.933. The van der Waals surface area contributed by atoms with E-state index in [0.717, 1.165) is 44.7 Å². The summed E-state index contributed by atoms with van der Waals surface area (Å²) in [6.07, 6.45) is 6.20. The van der Waals surface area contributed by atoms with Crippen molar-refractivity contribution in [2.45, 2.75) is 25.3 Å². The molecule has 4 rings (SSSR count). The molecule has 0 saturated carbocycles. The predicted octanol–water partition coefficient (Wildman–Crippen LogP) is 2.21. The second-order valence-corrected chi connectivity index (χ2v) is 6.36. The fraction of sp³-hybridized carbons (Fsp3) is 0.389. The summed E-state index contributed by atoms with van der Waals surface area (Å²) in [6, 6.07) is 9.25. The van der Waals surface area contributed by atoms with Gasteiger partial charge in [0.1, 0.15) is 5.82 Å². The highest BCUT2D eigenvalue weighted by Crippen LogP contribution is 2.32. The average molecular weight is 324 g/mol. The van der Waals surface area contributed by atoms with Crippen molar-refractivity contribution in [2.24, 2.45) is 0 Å². The first-order valence-corrected chi connectivity index (χ1v) is 8.37. The van der Waals surface area contributed by atoms with Gasteiger partial charge in [-0.05, 0) is 30.9 Å². The summed E-state index contributed by atoms with van der Waals surface area (Å²) in [7, 11) is 0. The van der Waals surface area contributed by atoms with Gasteiger partial charge in [0.2, 0.25) is 0 Å². The summed E-state index contributed by atoms with van der Waals surface area (Å²) in [6.45, 7) is 2.95. The molecule has 6 heteroatoms. The highest BCUT2D eigenvalue weighted by Gasteiger charge is 2.29. The Bertz CT molecular complexity index is 739. The molecule has 0 atom stereocenters. The van der Waals surface area contributed by atoms with E-state index in [9.17, 15) is 4.79 Å². The minimum absolute atomic E-state index is 0.0118. The monoisotopic (exact) mass is 324 g/mol. The van der Waals surface area contributed by atoms with Crippen molar-refractivity contribution >= 4 is 17.5 Å². The first kappa shape index (κ1) is 14.9. The molecule has 1 fully saturated rings. The first-order chi connectivity index (χ1) is 11.7. The zero-order valence-electron chi connectivity index (χ0n) is 13.4. The standard InChI is InChI=1S/C18H20N4O2/c23-18(24)15-11-20-17(12-19-15)21-8-6-14(7-9-21)22-10-5-13-3-1-2-4-16(13)22/h1-4,11-12,14H,5-10H2,(H,23,24). The molecule has 1 aromatic carbocycles. The van der Waals surface area contributed by atoms with E-state index in [-0.39, 0.29) is 5.69 Å². The average Bonchev–Trinajstić information content (AvgIpc) is 3.06. The van der Waals surface area contributed by atoms with Crippen molar-refractivity contribution in [3.63, 3.8) is 0 Å². The van der Waals surface area contributed by atoms with Crippen LogP contribution in [0.1, 0.15) is 28.9 Å². The van der Waals surface area contributed by atoms with E-state index in [1.807, 2.05) is 0 Å². The number of aromatic carboxylic acids is 1. The third-order valence-electron chi connectivity index (χ3n) is 5.01. The van der Waals surface area contributed by atoms with Gasteiger partial charge >= 0.3 is 5.97 Å². The van der Waals surface area contributed by atoms with Gasteiger partial charge in [-0.2, -0.15) is 0 Å². The van der Waals surface area contributed by atoms with Gasteiger partial charge in [0.05, 0.1) is 12.4 Å². The van der Waals surface area contributed by atoms with Gasteiger partial charge in [-0.1, -0.05) is 18.2 Å². The summed E-state index contributed by atoms with van der Waals surface area (Å²) in [5.74, 6) is -0.277. The number of carbonyl (C=O) groups is 1. The van der Waals surface area contributed by atoms with Crippen LogP contribution in [-0.4, -0.2) is 46.7 Å². The fourth-order valence-electron chi connectivity index (χ4n) is 3.74. The molecule has 0 aliphatic carbocycles. The zero-order chi connectivity index (χ0) is 16.5. The lowest BCUT2D eigenvalue weighted by atomic mass is 10.0. The Morgan fingerprint density at radius 1 is 1.08 bits per heavy atom. The number of nitrogens with zero attached hydrogens (tertiary/aromatic N) is 4. The van der Waals surface area contributed by atoms with Crippen LogP contribution in [-0.2, 0) is 6.42 Å². The van der Waals surface area contributed by atoms with Gasteiger partial charge < -0.3 is 14.9 Å². The van der Waals surface area contributed by atoms with Crippen LogP contribution >= 0.6 is 0 Å². The normalized spacial score (nSPS) is 17.8. The molecule has 2 aliphatic heterocycles. The number of hydrogen-bond acceptors (Lipinski definition) is 5. The summed E-state index contributed by atoms with van der Waals surface area (Å²) in [4.78, 5) is 23.8. The Labute approximate surface area is 140 Å². The first-order valence-electron chi connectivity index (χ1n) is 8.37. The van der Waals surface area contributed by atoms with Crippen molar-refractivity contribution in [3.05, 3.63) is 47.9 Å². The molecule has 0 amide bonds. The molecule has 2 aromatic rings. The fourth-order valence-corrected chi connectivity index (χ4v) is 3.74. The van der Waals surface area contributed by atoms with Crippen LogP contribution in [0.5, 0.6) is 0 Å². The topological polar surface area (TPSA) is 69.6 Å². The van der Waals surface area contributed by atoms with E-state index in [4.69, 9.17) is 5.11 Å². The molecule has 3 heterocycles. The maximum atomic E-state index is 10.9. The molecule has 6 nitrogen and oxygen atoms in total. The van der Waals surface area contributed by atoms with Crippen LogP contribution in [0.3, 0.4) is 0 Å². The van der Waals surface area contributed by atoms with Crippen molar-refractivity contribution in [2.75, 3.05) is 29.4 Å². The van der Waals surface area contributed by atoms with Gasteiger partial charge in [0, 0.05) is 31.4 Å². The molecular weight excluding hydrogens is 304 g/mol.